The highest BCUT2D eigenvalue weighted by Gasteiger charge is 2.20. The van der Waals surface area contributed by atoms with E-state index in [1.54, 1.807) is 6.20 Å². The van der Waals surface area contributed by atoms with E-state index < -0.39 is 0 Å². The van der Waals surface area contributed by atoms with Gasteiger partial charge in [0.05, 0.1) is 10.6 Å². The lowest BCUT2D eigenvalue weighted by molar-refractivity contribution is 0.126. The number of rotatable bonds is 6. The van der Waals surface area contributed by atoms with Gasteiger partial charge in [-0.05, 0) is 48.0 Å². The van der Waals surface area contributed by atoms with Gasteiger partial charge in [-0.2, -0.15) is 4.98 Å². The van der Waals surface area contributed by atoms with Crippen LogP contribution in [-0.4, -0.2) is 33.8 Å². The molecule has 112 valence electrons. The smallest absolute Gasteiger partial charge is 0.224 e. The number of unbranched alkanes of at least 4 members (excludes halogenated alkanes) is 1. The predicted molar refractivity (Wildman–Crippen MR) is 85.0 cm³/mol. The maximum Gasteiger partial charge on any atom is 0.224 e. The predicted octanol–water partition coefficient (Wildman–Crippen LogP) is 3.17. The average molecular weight is 343 g/mol. The van der Waals surface area contributed by atoms with Crippen LogP contribution in [0.1, 0.15) is 45.4 Å². The molecule has 0 saturated heterocycles. The Labute approximate surface area is 128 Å². The van der Waals surface area contributed by atoms with Gasteiger partial charge in [0.15, 0.2) is 0 Å². The van der Waals surface area contributed by atoms with Crippen molar-refractivity contribution in [3.05, 3.63) is 10.7 Å². The van der Waals surface area contributed by atoms with Gasteiger partial charge < -0.3 is 15.7 Å². The molecule has 1 aromatic rings. The molecule has 1 aromatic heterocycles. The molecule has 5 nitrogen and oxygen atoms in total. The van der Waals surface area contributed by atoms with Crippen LogP contribution in [0.3, 0.4) is 0 Å². The minimum Gasteiger partial charge on any atom is -0.393 e. The summed E-state index contributed by atoms with van der Waals surface area (Å²) < 4.78 is 0.879. The van der Waals surface area contributed by atoms with Gasteiger partial charge >= 0.3 is 0 Å². The second-order valence-electron chi connectivity index (χ2n) is 5.32. The summed E-state index contributed by atoms with van der Waals surface area (Å²) in [4.78, 5) is 8.78. The summed E-state index contributed by atoms with van der Waals surface area (Å²) in [6, 6.07) is 0.382. The summed E-state index contributed by atoms with van der Waals surface area (Å²) in [5.74, 6) is 1.50. The Morgan fingerprint density at radius 1 is 1.35 bits per heavy atom. The van der Waals surface area contributed by atoms with Crippen LogP contribution in [0.5, 0.6) is 0 Å². The second kappa shape index (κ2) is 7.78. The van der Waals surface area contributed by atoms with Gasteiger partial charge in [0.1, 0.15) is 5.82 Å². The van der Waals surface area contributed by atoms with Crippen LogP contribution in [-0.2, 0) is 0 Å². The van der Waals surface area contributed by atoms with Crippen molar-refractivity contribution in [1.82, 2.24) is 9.97 Å². The Kier molecular flexibility index (Phi) is 6.04. The van der Waals surface area contributed by atoms with Gasteiger partial charge in [0, 0.05) is 18.8 Å². The fourth-order valence-electron chi connectivity index (χ4n) is 2.34. The van der Waals surface area contributed by atoms with E-state index in [0.29, 0.717) is 12.0 Å². The number of nitrogens with one attached hydrogen (secondary N) is 2. The molecule has 0 bridgehead atoms. The first-order valence-electron chi connectivity index (χ1n) is 7.40. The molecule has 0 aliphatic heterocycles. The van der Waals surface area contributed by atoms with E-state index in [4.69, 9.17) is 0 Å². The number of hydrogen-bond donors (Lipinski definition) is 3. The molecular formula is C14H23BrN4O. The van der Waals surface area contributed by atoms with Crippen LogP contribution in [0.4, 0.5) is 11.8 Å². The van der Waals surface area contributed by atoms with Crippen LogP contribution in [0.2, 0.25) is 0 Å². The van der Waals surface area contributed by atoms with E-state index >= 15 is 0 Å². The van der Waals surface area contributed by atoms with Gasteiger partial charge in [-0.1, -0.05) is 13.3 Å². The Balaban J connectivity index is 1.94. The molecule has 1 aliphatic carbocycles. The number of aromatic nitrogens is 2. The summed E-state index contributed by atoms with van der Waals surface area (Å²) in [5.41, 5.74) is 0. The van der Waals surface area contributed by atoms with Crippen LogP contribution in [0.25, 0.3) is 0 Å². The molecule has 0 aromatic carbocycles. The lowest BCUT2D eigenvalue weighted by atomic mass is 9.93. The van der Waals surface area contributed by atoms with E-state index in [1.807, 2.05) is 0 Å². The van der Waals surface area contributed by atoms with Crippen molar-refractivity contribution >= 4 is 27.7 Å². The summed E-state index contributed by atoms with van der Waals surface area (Å²) in [5, 5.41) is 16.2. The second-order valence-corrected chi connectivity index (χ2v) is 6.17. The maximum atomic E-state index is 9.54. The molecule has 0 unspecified atom stereocenters. The fourth-order valence-corrected chi connectivity index (χ4v) is 2.65. The van der Waals surface area contributed by atoms with Gasteiger partial charge in [-0.3, -0.25) is 0 Å². The van der Waals surface area contributed by atoms with Gasteiger partial charge in [0.2, 0.25) is 5.95 Å². The molecule has 0 amide bonds. The Hall–Kier alpha value is -0.880. The topological polar surface area (TPSA) is 70.1 Å². The number of halogens is 1. The number of nitrogens with zero attached hydrogens (tertiary/aromatic N) is 2. The molecule has 0 radical (unpaired) electrons. The summed E-state index contributed by atoms with van der Waals surface area (Å²) >= 11 is 3.49. The van der Waals surface area contributed by atoms with Crippen molar-refractivity contribution < 1.29 is 5.11 Å². The van der Waals surface area contributed by atoms with Crippen LogP contribution < -0.4 is 10.6 Å². The van der Waals surface area contributed by atoms with Gasteiger partial charge in [0.25, 0.3) is 0 Å². The van der Waals surface area contributed by atoms with Crippen LogP contribution in [0, 0.1) is 0 Å². The van der Waals surface area contributed by atoms with Crippen molar-refractivity contribution in [2.75, 3.05) is 17.2 Å². The molecule has 2 rings (SSSR count). The summed E-state index contributed by atoms with van der Waals surface area (Å²) in [7, 11) is 0. The summed E-state index contributed by atoms with van der Waals surface area (Å²) in [6.45, 7) is 3.06. The molecule has 1 aliphatic rings. The first-order chi connectivity index (χ1) is 9.69. The molecule has 3 N–H and O–H groups in total. The van der Waals surface area contributed by atoms with Crippen molar-refractivity contribution in [3.63, 3.8) is 0 Å². The van der Waals surface area contributed by atoms with E-state index in [9.17, 15) is 5.11 Å². The van der Waals surface area contributed by atoms with E-state index in [-0.39, 0.29) is 6.10 Å². The zero-order valence-corrected chi connectivity index (χ0v) is 13.5. The zero-order chi connectivity index (χ0) is 14.4. The number of anilines is 2. The first kappa shape index (κ1) is 15.5. The van der Waals surface area contributed by atoms with Crippen molar-refractivity contribution in [1.29, 1.82) is 0 Å². The van der Waals surface area contributed by atoms with Crippen LogP contribution in [0.15, 0.2) is 10.7 Å². The Morgan fingerprint density at radius 3 is 2.80 bits per heavy atom. The highest BCUT2D eigenvalue weighted by Crippen LogP contribution is 2.26. The normalized spacial score (nSPS) is 22.6. The Bertz CT molecular complexity index is 422. The van der Waals surface area contributed by atoms with Crippen molar-refractivity contribution in [2.45, 2.75) is 57.6 Å². The van der Waals surface area contributed by atoms with Gasteiger partial charge in [-0.15, -0.1) is 0 Å². The maximum absolute atomic E-state index is 9.54. The van der Waals surface area contributed by atoms with Crippen molar-refractivity contribution in [3.8, 4) is 0 Å². The molecular weight excluding hydrogens is 320 g/mol. The number of hydrogen-bond acceptors (Lipinski definition) is 5. The standard InChI is InChI=1S/C14H23BrN4O/c1-2-3-8-16-14-17-9-12(15)13(19-14)18-10-4-6-11(20)7-5-10/h9-11,20H,2-8H2,1H3,(H2,16,17,18,19)/t10-,11-. The van der Waals surface area contributed by atoms with Gasteiger partial charge in [-0.25, -0.2) is 4.98 Å². The van der Waals surface area contributed by atoms with E-state index in [2.05, 4.69) is 43.5 Å². The third-order valence-corrected chi connectivity index (χ3v) is 4.18. The molecule has 1 fully saturated rings. The SMILES string of the molecule is CCCCNc1ncc(Br)c(N[C@H]2CC[C@H](O)CC2)n1. The minimum atomic E-state index is -0.131. The van der Waals surface area contributed by atoms with Crippen molar-refractivity contribution in [2.24, 2.45) is 0 Å². The third-order valence-electron chi connectivity index (χ3n) is 3.60. The molecule has 0 atom stereocenters. The highest BCUT2D eigenvalue weighted by molar-refractivity contribution is 9.10. The number of aliphatic hydroxyl groups is 1. The Morgan fingerprint density at radius 2 is 2.10 bits per heavy atom. The largest absolute Gasteiger partial charge is 0.393 e. The quantitative estimate of drug-likeness (QED) is 0.692. The lowest BCUT2D eigenvalue weighted by Crippen LogP contribution is -2.28. The molecule has 6 heteroatoms. The first-order valence-corrected chi connectivity index (χ1v) is 8.19. The lowest BCUT2D eigenvalue weighted by Gasteiger charge is -2.27. The van der Waals surface area contributed by atoms with E-state index in [0.717, 1.165) is 55.4 Å². The fraction of sp³-hybridized carbons (Fsp3) is 0.714. The molecule has 20 heavy (non-hydrogen) atoms. The monoisotopic (exact) mass is 342 g/mol. The minimum absolute atomic E-state index is 0.131. The highest BCUT2D eigenvalue weighted by atomic mass is 79.9. The number of aliphatic hydroxyl groups excluding tert-OH is 1. The molecule has 0 spiro atoms. The van der Waals surface area contributed by atoms with E-state index in [1.165, 1.54) is 0 Å². The van der Waals surface area contributed by atoms with Crippen LogP contribution >= 0.6 is 15.9 Å². The molecule has 1 heterocycles. The average Bonchev–Trinajstić information content (AvgIpc) is 2.45. The summed E-state index contributed by atoms with van der Waals surface area (Å²) in [6.07, 6.45) is 7.60. The third kappa shape index (κ3) is 4.59. The zero-order valence-electron chi connectivity index (χ0n) is 11.9. The molecule has 1 saturated carbocycles.